The molecular weight excluding hydrogens is 340 g/mol. The Balaban J connectivity index is 2.21. The van der Waals surface area contributed by atoms with Crippen LogP contribution in [0.4, 0.5) is 5.69 Å². The van der Waals surface area contributed by atoms with Gasteiger partial charge >= 0.3 is 0 Å². The second kappa shape index (κ2) is 4.53. The lowest BCUT2D eigenvalue weighted by Crippen LogP contribution is -2.13. The lowest BCUT2D eigenvalue weighted by molar-refractivity contribution is 0.561. The van der Waals surface area contributed by atoms with E-state index in [0.29, 0.717) is 17.2 Å². The largest absolute Gasteiger partial charge is 0.433 e. The van der Waals surface area contributed by atoms with Crippen molar-refractivity contribution in [1.82, 2.24) is 14.6 Å². The van der Waals surface area contributed by atoms with Crippen LogP contribution in [0, 0.1) is 0 Å². The van der Waals surface area contributed by atoms with E-state index in [2.05, 4.69) is 51.3 Å². The first-order valence-electron chi connectivity index (χ1n) is 6.05. The molecule has 3 aromatic rings. The van der Waals surface area contributed by atoms with E-state index in [9.17, 15) is 0 Å². The molecule has 1 aromatic carbocycles. The molecule has 2 heterocycles. The van der Waals surface area contributed by atoms with E-state index in [1.165, 1.54) is 11.5 Å². The monoisotopic (exact) mass is 352 g/mol. The summed E-state index contributed by atoms with van der Waals surface area (Å²) in [6.45, 7) is 6.25. The maximum atomic E-state index is 5.96. The van der Waals surface area contributed by atoms with Crippen LogP contribution < -0.4 is 5.73 Å². The quantitative estimate of drug-likeness (QED) is 0.670. The first kappa shape index (κ1) is 13.5. The Hall–Kier alpha value is -1.47. The summed E-state index contributed by atoms with van der Waals surface area (Å²) in [6.07, 6.45) is 0. The number of halogens is 1. The van der Waals surface area contributed by atoms with E-state index in [1.807, 2.05) is 6.07 Å². The van der Waals surface area contributed by atoms with Crippen molar-refractivity contribution in [3.05, 3.63) is 22.3 Å². The van der Waals surface area contributed by atoms with Crippen LogP contribution in [0.15, 0.2) is 21.0 Å². The molecule has 0 aliphatic carbocycles. The van der Waals surface area contributed by atoms with Crippen molar-refractivity contribution >= 4 is 44.2 Å². The van der Waals surface area contributed by atoms with Crippen LogP contribution in [0.5, 0.6) is 0 Å². The van der Waals surface area contributed by atoms with Crippen LogP contribution >= 0.6 is 27.5 Å². The zero-order valence-corrected chi connectivity index (χ0v) is 13.7. The molecular formula is C13H13BrN4OS. The number of rotatable bonds is 1. The van der Waals surface area contributed by atoms with Crippen molar-refractivity contribution in [1.29, 1.82) is 0 Å². The molecule has 7 heteroatoms. The second-order valence-corrected chi connectivity index (χ2v) is 7.23. The molecule has 20 heavy (non-hydrogen) atoms. The average Bonchev–Trinajstić information content (AvgIpc) is 2.91. The van der Waals surface area contributed by atoms with Crippen LogP contribution in [0.1, 0.15) is 26.5 Å². The normalized spacial score (nSPS) is 12.2. The van der Waals surface area contributed by atoms with E-state index in [1.54, 1.807) is 6.07 Å². The third kappa shape index (κ3) is 2.20. The molecule has 0 saturated heterocycles. The molecule has 0 amide bonds. The fraction of sp³-hybridized carbons (Fsp3) is 0.308. The van der Waals surface area contributed by atoms with E-state index in [-0.39, 0.29) is 5.41 Å². The van der Waals surface area contributed by atoms with Gasteiger partial charge < -0.3 is 10.2 Å². The van der Waals surface area contributed by atoms with Crippen molar-refractivity contribution in [3.8, 4) is 10.8 Å². The molecule has 2 N–H and O–H groups in total. The molecule has 0 atom stereocenters. The Kier molecular flexibility index (Phi) is 3.06. The van der Waals surface area contributed by atoms with Crippen LogP contribution in [-0.4, -0.2) is 14.6 Å². The van der Waals surface area contributed by atoms with Crippen LogP contribution in [0.2, 0.25) is 0 Å². The molecule has 0 aliphatic rings. The summed E-state index contributed by atoms with van der Waals surface area (Å²) in [4.78, 5) is 5.36. The van der Waals surface area contributed by atoms with Gasteiger partial charge in [-0.3, -0.25) is 0 Å². The zero-order valence-electron chi connectivity index (χ0n) is 11.3. The maximum absolute atomic E-state index is 5.96. The highest BCUT2D eigenvalue weighted by atomic mass is 79.9. The van der Waals surface area contributed by atoms with Crippen molar-refractivity contribution in [2.45, 2.75) is 26.2 Å². The van der Waals surface area contributed by atoms with Gasteiger partial charge in [0, 0.05) is 9.89 Å². The van der Waals surface area contributed by atoms with E-state index < -0.39 is 0 Å². The minimum Gasteiger partial charge on any atom is -0.433 e. The van der Waals surface area contributed by atoms with E-state index >= 15 is 0 Å². The summed E-state index contributed by atoms with van der Waals surface area (Å²) in [5.41, 5.74) is 8.60. The Labute approximate surface area is 128 Å². The fourth-order valence-corrected chi connectivity index (χ4v) is 3.21. The number of oxazole rings is 1. The second-order valence-electron chi connectivity index (χ2n) is 5.56. The van der Waals surface area contributed by atoms with Crippen molar-refractivity contribution < 1.29 is 4.42 Å². The molecule has 0 bridgehead atoms. The third-order valence-corrected chi connectivity index (χ3v) is 4.05. The predicted octanol–water partition coefficient (Wildman–Crippen LogP) is 3.99. The number of nitrogens with zero attached hydrogens (tertiary/aromatic N) is 3. The van der Waals surface area contributed by atoms with Crippen LogP contribution in [0.3, 0.4) is 0 Å². The van der Waals surface area contributed by atoms with Crippen molar-refractivity contribution in [2.24, 2.45) is 0 Å². The highest BCUT2D eigenvalue weighted by Crippen LogP contribution is 2.36. The number of hydrogen-bond acceptors (Lipinski definition) is 6. The van der Waals surface area contributed by atoms with Gasteiger partial charge in [0.05, 0.1) is 11.4 Å². The van der Waals surface area contributed by atoms with Gasteiger partial charge in [0.1, 0.15) is 10.4 Å². The fourth-order valence-electron chi connectivity index (χ4n) is 1.94. The van der Waals surface area contributed by atoms with Gasteiger partial charge in [-0.2, -0.15) is 0 Å². The van der Waals surface area contributed by atoms with Gasteiger partial charge in [-0.15, -0.1) is 5.10 Å². The molecule has 5 nitrogen and oxygen atoms in total. The lowest BCUT2D eigenvalue weighted by Gasteiger charge is -2.15. The lowest BCUT2D eigenvalue weighted by atomic mass is 9.91. The highest BCUT2D eigenvalue weighted by Gasteiger charge is 2.26. The number of aromatic nitrogens is 3. The Morgan fingerprint density at radius 1 is 1.30 bits per heavy atom. The maximum Gasteiger partial charge on any atom is 0.241 e. The molecule has 0 fully saturated rings. The Morgan fingerprint density at radius 3 is 2.75 bits per heavy atom. The van der Waals surface area contributed by atoms with Crippen LogP contribution in [0.25, 0.3) is 21.9 Å². The highest BCUT2D eigenvalue weighted by molar-refractivity contribution is 9.10. The number of hydrogen-bond donors (Lipinski definition) is 1. The van der Waals surface area contributed by atoms with Crippen molar-refractivity contribution in [3.63, 3.8) is 0 Å². The molecule has 0 aliphatic heterocycles. The molecule has 0 unspecified atom stereocenters. The third-order valence-electron chi connectivity index (χ3n) is 2.88. The summed E-state index contributed by atoms with van der Waals surface area (Å²) in [7, 11) is 0. The SMILES string of the molecule is CC(C)(C)c1nnsc1-c1nc2cc(Br)cc(N)c2o1. The van der Waals surface area contributed by atoms with Gasteiger partial charge in [-0.1, -0.05) is 41.2 Å². The topological polar surface area (TPSA) is 77.8 Å². The zero-order chi connectivity index (χ0) is 14.5. The first-order valence-corrected chi connectivity index (χ1v) is 7.61. The van der Waals surface area contributed by atoms with Gasteiger partial charge in [-0.25, -0.2) is 4.98 Å². The van der Waals surface area contributed by atoms with Crippen molar-refractivity contribution in [2.75, 3.05) is 5.73 Å². The number of nitrogens with two attached hydrogens (primary N) is 1. The average molecular weight is 353 g/mol. The summed E-state index contributed by atoms with van der Waals surface area (Å²) >= 11 is 4.69. The summed E-state index contributed by atoms with van der Waals surface area (Å²) in [6, 6.07) is 3.68. The molecule has 0 spiro atoms. The standard InChI is InChI=1S/C13H13BrN4OS/c1-13(2,3)11-10(20-18-17-11)12-16-8-5-6(14)4-7(15)9(8)19-12/h4-5H,15H2,1-3H3. The van der Waals surface area contributed by atoms with E-state index in [0.717, 1.165) is 20.6 Å². The smallest absolute Gasteiger partial charge is 0.241 e. The Morgan fingerprint density at radius 2 is 2.05 bits per heavy atom. The molecule has 0 saturated carbocycles. The van der Waals surface area contributed by atoms with Gasteiger partial charge in [0.15, 0.2) is 5.58 Å². The predicted molar refractivity (Wildman–Crippen MR) is 83.7 cm³/mol. The number of nitrogen functional groups attached to an aromatic ring is 1. The summed E-state index contributed by atoms with van der Waals surface area (Å²) in [5, 5.41) is 4.20. The van der Waals surface area contributed by atoms with Crippen LogP contribution in [-0.2, 0) is 5.41 Å². The van der Waals surface area contributed by atoms with E-state index in [4.69, 9.17) is 10.2 Å². The summed E-state index contributed by atoms with van der Waals surface area (Å²) in [5.74, 6) is 0.518. The molecule has 2 aromatic heterocycles. The summed E-state index contributed by atoms with van der Waals surface area (Å²) < 4.78 is 10.7. The van der Waals surface area contributed by atoms with Gasteiger partial charge in [-0.05, 0) is 23.7 Å². The number of anilines is 1. The van der Waals surface area contributed by atoms with Gasteiger partial charge in [0.2, 0.25) is 5.89 Å². The first-order chi connectivity index (χ1) is 9.36. The number of benzene rings is 1. The molecule has 3 rings (SSSR count). The van der Waals surface area contributed by atoms with Gasteiger partial charge in [0.25, 0.3) is 0 Å². The minimum absolute atomic E-state index is 0.116. The Bertz CT molecular complexity index is 787. The molecule has 0 radical (unpaired) electrons. The number of fused-ring (bicyclic) bond motifs is 1. The minimum atomic E-state index is -0.116. The molecule has 104 valence electrons.